The molecule has 0 saturated carbocycles. The minimum atomic E-state index is -0.236. The normalized spacial score (nSPS) is 5.29. The molecule has 0 aliphatic carbocycles. The molecule has 0 amide bonds. The zero-order chi connectivity index (χ0) is 4.12. The van der Waals surface area contributed by atoms with E-state index in [0.29, 0.717) is 6.29 Å². The molecule has 0 aliphatic heterocycles. The fourth-order valence-corrected chi connectivity index (χ4v) is 0.0304. The van der Waals surface area contributed by atoms with Crippen molar-refractivity contribution in [1.29, 1.82) is 0 Å². The molecule has 0 aromatic heterocycles. The van der Waals surface area contributed by atoms with Crippen LogP contribution in [0.15, 0.2) is 0 Å². The second-order valence-electron chi connectivity index (χ2n) is 0.462. The average Bonchev–Trinajstić information content (AvgIpc) is 1.41. The van der Waals surface area contributed by atoms with E-state index in [0.717, 1.165) is 0 Å². The van der Waals surface area contributed by atoms with Crippen LogP contribution in [0.5, 0.6) is 0 Å². The fourth-order valence-electron chi connectivity index (χ4n) is 0.0304. The van der Waals surface area contributed by atoms with E-state index in [4.69, 9.17) is 10.1 Å². The molecule has 7 heavy (non-hydrogen) atoms. The number of rotatable bonds is 2. The summed E-state index contributed by atoms with van der Waals surface area (Å²) >= 11 is 0. The van der Waals surface area contributed by atoms with Crippen molar-refractivity contribution >= 4 is 6.29 Å². The van der Waals surface area contributed by atoms with Gasteiger partial charge in [-0.1, -0.05) is 0 Å². The van der Waals surface area contributed by atoms with E-state index in [1.165, 1.54) is 0 Å². The summed E-state index contributed by atoms with van der Waals surface area (Å²) < 4.78 is 0. The zero-order valence-corrected chi connectivity index (χ0v) is 5.03. The number of carbonyl (C=O) groups is 1. The molecule has 0 rings (SSSR count). The van der Waals surface area contributed by atoms with Gasteiger partial charge in [-0.25, -0.2) is 4.89 Å². The predicted molar refractivity (Wildman–Crippen MR) is 14.6 cm³/mol. The molecule has 1 N–H and O–H groups in total. The number of hydrogen-bond acceptors (Lipinski definition) is 3. The SMILES string of the molecule is O=CCOO.[Cu].[Cu]. The van der Waals surface area contributed by atoms with E-state index in [1.807, 2.05) is 0 Å². The second-order valence-corrected chi connectivity index (χ2v) is 0.462. The summed E-state index contributed by atoms with van der Waals surface area (Å²) in [5, 5.41) is 7.34. The molecule has 0 atom stereocenters. The van der Waals surface area contributed by atoms with Crippen LogP contribution in [0.2, 0.25) is 0 Å². The number of hydrogen-bond donors (Lipinski definition) is 1. The van der Waals surface area contributed by atoms with Gasteiger partial charge < -0.3 is 4.79 Å². The predicted octanol–water partition coefficient (Wildman–Crippen LogP) is -0.330. The van der Waals surface area contributed by atoms with Gasteiger partial charge in [-0.3, -0.25) is 5.26 Å². The molecule has 5 heteroatoms. The van der Waals surface area contributed by atoms with Gasteiger partial charge in [0, 0.05) is 34.1 Å². The quantitative estimate of drug-likeness (QED) is 0.289. The van der Waals surface area contributed by atoms with Gasteiger partial charge in [0.1, 0.15) is 12.9 Å². The van der Waals surface area contributed by atoms with Crippen molar-refractivity contribution in [3.8, 4) is 0 Å². The molecule has 2 radical (unpaired) electrons. The second kappa shape index (κ2) is 15.9. The molecule has 52 valence electrons. The molecule has 0 unspecified atom stereocenters. The summed E-state index contributed by atoms with van der Waals surface area (Å²) in [5.74, 6) is 0. The maximum absolute atomic E-state index is 9.12. The van der Waals surface area contributed by atoms with E-state index in [9.17, 15) is 0 Å². The molecule has 3 nitrogen and oxygen atoms in total. The van der Waals surface area contributed by atoms with Crippen LogP contribution in [0.4, 0.5) is 0 Å². The Morgan fingerprint density at radius 1 is 1.57 bits per heavy atom. The fraction of sp³-hybridized carbons (Fsp3) is 0.500. The molecule has 0 fully saturated rings. The Bertz CT molecular complexity index is 32.1. The summed E-state index contributed by atoms with van der Waals surface area (Å²) in [6, 6.07) is 0. The van der Waals surface area contributed by atoms with Gasteiger partial charge in [-0.2, -0.15) is 0 Å². The topological polar surface area (TPSA) is 46.5 Å². The number of aldehydes is 1. The van der Waals surface area contributed by atoms with Crippen LogP contribution in [0.1, 0.15) is 0 Å². The Balaban J connectivity index is -0.0000000800. The van der Waals surface area contributed by atoms with Crippen LogP contribution in [-0.4, -0.2) is 18.2 Å². The Kier molecular flexibility index (Phi) is 35.6. The summed E-state index contributed by atoms with van der Waals surface area (Å²) in [4.78, 5) is 12.4. The first-order valence-electron chi connectivity index (χ1n) is 1.12. The van der Waals surface area contributed by atoms with Crippen LogP contribution in [-0.2, 0) is 43.8 Å². The van der Waals surface area contributed by atoms with E-state index in [1.54, 1.807) is 0 Å². The molecule has 0 spiro atoms. The molecule has 0 aliphatic rings. The molecule has 0 saturated heterocycles. The standard InChI is InChI=1S/C2H4O3.2Cu/c3-1-2-5-4;;/h1,4H,2H2;;. The summed E-state index contributed by atoms with van der Waals surface area (Å²) in [6.45, 7) is -0.236. The van der Waals surface area contributed by atoms with Crippen LogP contribution in [0.3, 0.4) is 0 Å². The van der Waals surface area contributed by atoms with Crippen molar-refractivity contribution in [2.45, 2.75) is 0 Å². The van der Waals surface area contributed by atoms with Gasteiger partial charge >= 0.3 is 0 Å². The summed E-state index contributed by atoms with van der Waals surface area (Å²) in [5.41, 5.74) is 0. The minimum absolute atomic E-state index is 0. The Morgan fingerprint density at radius 2 is 2.00 bits per heavy atom. The third-order valence-corrected chi connectivity index (χ3v) is 0.143. The molecule has 0 aromatic rings. The van der Waals surface area contributed by atoms with Gasteiger partial charge in [0.15, 0.2) is 0 Å². The smallest absolute Gasteiger partial charge is 0.148 e. The van der Waals surface area contributed by atoms with E-state index >= 15 is 0 Å². The first-order valence-corrected chi connectivity index (χ1v) is 1.12. The van der Waals surface area contributed by atoms with Gasteiger partial charge in [0.05, 0.1) is 0 Å². The van der Waals surface area contributed by atoms with Gasteiger partial charge in [0.2, 0.25) is 0 Å². The van der Waals surface area contributed by atoms with Gasteiger partial charge in [0.25, 0.3) is 0 Å². The maximum atomic E-state index is 9.12. The van der Waals surface area contributed by atoms with Crippen molar-refractivity contribution in [2.24, 2.45) is 0 Å². The number of carbonyl (C=O) groups excluding carboxylic acids is 1. The molecule has 0 heterocycles. The largest absolute Gasteiger partial charge is 0.301 e. The molecule has 0 aromatic carbocycles. The maximum Gasteiger partial charge on any atom is 0.148 e. The Labute approximate surface area is 62.3 Å². The molecular weight excluding hydrogens is 199 g/mol. The zero-order valence-electron chi connectivity index (χ0n) is 3.15. The van der Waals surface area contributed by atoms with E-state index in [-0.39, 0.29) is 40.7 Å². The summed E-state index contributed by atoms with van der Waals surface area (Å²) in [7, 11) is 0. The molecule has 0 bridgehead atoms. The van der Waals surface area contributed by atoms with Crippen molar-refractivity contribution in [1.82, 2.24) is 0 Å². The van der Waals surface area contributed by atoms with Crippen LogP contribution in [0.25, 0.3) is 0 Å². The first-order chi connectivity index (χ1) is 2.41. The molecular formula is C2H4Cu2O3. The monoisotopic (exact) mass is 202 g/mol. The van der Waals surface area contributed by atoms with Crippen LogP contribution >= 0.6 is 0 Å². The van der Waals surface area contributed by atoms with Crippen molar-refractivity contribution in [3.05, 3.63) is 0 Å². The van der Waals surface area contributed by atoms with Crippen LogP contribution in [0, 0.1) is 0 Å². The van der Waals surface area contributed by atoms with Crippen LogP contribution < -0.4 is 0 Å². The van der Waals surface area contributed by atoms with Crippen molar-refractivity contribution in [3.63, 3.8) is 0 Å². The Hall–Kier alpha value is 0.629. The van der Waals surface area contributed by atoms with Crippen molar-refractivity contribution < 1.29 is 49.1 Å². The van der Waals surface area contributed by atoms with E-state index in [2.05, 4.69) is 4.89 Å². The van der Waals surface area contributed by atoms with E-state index < -0.39 is 0 Å². The van der Waals surface area contributed by atoms with Gasteiger partial charge in [-0.05, 0) is 0 Å². The first kappa shape index (κ1) is 15.6. The third-order valence-electron chi connectivity index (χ3n) is 0.143. The van der Waals surface area contributed by atoms with Gasteiger partial charge in [-0.15, -0.1) is 0 Å². The Morgan fingerprint density at radius 3 is 2.00 bits per heavy atom. The minimum Gasteiger partial charge on any atom is -0.301 e. The third kappa shape index (κ3) is 20.6. The van der Waals surface area contributed by atoms with Crippen molar-refractivity contribution in [2.75, 3.05) is 6.61 Å². The summed E-state index contributed by atoms with van der Waals surface area (Å²) in [6.07, 6.45) is 0.458. The average molecular weight is 203 g/mol.